The summed E-state index contributed by atoms with van der Waals surface area (Å²) in [6.45, 7) is 9.49. The summed E-state index contributed by atoms with van der Waals surface area (Å²) in [5.74, 6) is -0.572. The normalized spacial score (nSPS) is 24.2. The summed E-state index contributed by atoms with van der Waals surface area (Å²) < 4.78 is 38.5. The first-order valence-corrected chi connectivity index (χ1v) is 8.93. The molecular weight excluding hydrogens is 302 g/mol. The van der Waals surface area contributed by atoms with E-state index in [4.69, 9.17) is 9.47 Å². The molecule has 0 amide bonds. The molecule has 2 aliphatic rings. The van der Waals surface area contributed by atoms with Crippen molar-refractivity contribution in [3.63, 3.8) is 0 Å². The lowest BCUT2D eigenvalue weighted by Crippen LogP contribution is -2.65. The highest BCUT2D eigenvalue weighted by molar-refractivity contribution is 7.89. The third-order valence-electron chi connectivity index (χ3n) is 4.44. The van der Waals surface area contributed by atoms with Crippen LogP contribution in [0, 0.1) is 19.3 Å². The number of sulfonamides is 1. The number of benzene rings is 1. The number of hydrogen-bond donors (Lipinski definition) is 0. The molecule has 0 atom stereocenters. The highest BCUT2D eigenvalue weighted by Crippen LogP contribution is 2.40. The number of hydrogen-bond acceptors (Lipinski definition) is 4. The van der Waals surface area contributed by atoms with Gasteiger partial charge in [0.1, 0.15) is 0 Å². The summed E-state index contributed by atoms with van der Waals surface area (Å²) in [5.41, 5.74) is 1.54. The van der Waals surface area contributed by atoms with Gasteiger partial charge in [-0.05, 0) is 44.9 Å². The lowest BCUT2D eigenvalue weighted by atomic mass is 9.82. The van der Waals surface area contributed by atoms with E-state index >= 15 is 0 Å². The predicted octanol–water partition coefficient (Wildman–Crippen LogP) is 2.08. The molecule has 0 N–H and O–H groups in total. The topological polar surface area (TPSA) is 55.8 Å². The minimum Gasteiger partial charge on any atom is -0.350 e. The fraction of sp³-hybridized carbons (Fsp3) is 0.625. The third kappa shape index (κ3) is 2.69. The van der Waals surface area contributed by atoms with Gasteiger partial charge in [0.25, 0.3) is 0 Å². The Morgan fingerprint density at radius 1 is 1.09 bits per heavy atom. The molecule has 0 saturated carbocycles. The van der Waals surface area contributed by atoms with Crippen molar-refractivity contribution in [1.29, 1.82) is 0 Å². The maximum Gasteiger partial charge on any atom is 0.243 e. The maximum atomic E-state index is 12.8. The van der Waals surface area contributed by atoms with E-state index in [9.17, 15) is 8.42 Å². The fourth-order valence-electron chi connectivity index (χ4n) is 2.92. The van der Waals surface area contributed by atoms with Gasteiger partial charge in [0.15, 0.2) is 5.79 Å². The van der Waals surface area contributed by atoms with Crippen LogP contribution in [0.4, 0.5) is 0 Å². The molecular formula is C16H23NO4S. The van der Waals surface area contributed by atoms with E-state index in [1.807, 2.05) is 39.8 Å². The Labute approximate surface area is 132 Å². The third-order valence-corrected chi connectivity index (χ3v) is 6.37. The molecule has 0 unspecified atom stereocenters. The zero-order valence-electron chi connectivity index (χ0n) is 13.5. The van der Waals surface area contributed by atoms with E-state index in [1.165, 1.54) is 4.31 Å². The van der Waals surface area contributed by atoms with Gasteiger partial charge < -0.3 is 9.47 Å². The highest BCUT2D eigenvalue weighted by atomic mass is 32.2. The maximum absolute atomic E-state index is 12.8. The molecule has 1 aromatic rings. The molecule has 0 aromatic heterocycles. The van der Waals surface area contributed by atoms with Crippen LogP contribution in [0.25, 0.3) is 0 Å². The van der Waals surface area contributed by atoms with Crippen LogP contribution in [0.3, 0.4) is 0 Å². The Morgan fingerprint density at radius 3 is 2.27 bits per heavy atom. The minimum atomic E-state index is -3.44. The van der Waals surface area contributed by atoms with Gasteiger partial charge in [-0.3, -0.25) is 0 Å². The molecule has 0 radical (unpaired) electrons. The summed E-state index contributed by atoms with van der Waals surface area (Å²) in [6.07, 6.45) is 0. The molecule has 2 aliphatic heterocycles. The lowest BCUT2D eigenvalue weighted by molar-refractivity contribution is -0.299. The molecule has 22 heavy (non-hydrogen) atoms. The Kier molecular flexibility index (Phi) is 3.64. The fourth-order valence-corrected chi connectivity index (χ4v) is 4.89. The van der Waals surface area contributed by atoms with Gasteiger partial charge in [0.2, 0.25) is 10.0 Å². The Hall–Kier alpha value is -0.950. The first kappa shape index (κ1) is 15.9. The molecule has 2 saturated heterocycles. The average Bonchev–Trinajstić information content (AvgIpc) is 2.39. The van der Waals surface area contributed by atoms with Crippen molar-refractivity contribution in [3.05, 3.63) is 29.3 Å². The second kappa shape index (κ2) is 5.03. The van der Waals surface area contributed by atoms with Gasteiger partial charge in [0, 0.05) is 18.5 Å². The zero-order chi connectivity index (χ0) is 16.2. The summed E-state index contributed by atoms with van der Waals surface area (Å²) in [4.78, 5) is 0.403. The predicted molar refractivity (Wildman–Crippen MR) is 83.1 cm³/mol. The van der Waals surface area contributed by atoms with E-state index in [0.717, 1.165) is 11.1 Å². The van der Waals surface area contributed by atoms with Crippen molar-refractivity contribution in [2.45, 2.75) is 38.4 Å². The monoisotopic (exact) mass is 325 g/mol. The summed E-state index contributed by atoms with van der Waals surface area (Å²) in [6, 6.07) is 5.52. The second-order valence-electron chi connectivity index (χ2n) is 7.02. The number of rotatable bonds is 2. The Balaban J connectivity index is 1.76. The van der Waals surface area contributed by atoms with E-state index < -0.39 is 15.8 Å². The molecule has 2 heterocycles. The molecule has 0 aliphatic carbocycles. The molecule has 0 bridgehead atoms. The van der Waals surface area contributed by atoms with Crippen molar-refractivity contribution < 1.29 is 17.9 Å². The number of aryl methyl sites for hydroxylation is 2. The first-order chi connectivity index (χ1) is 10.1. The van der Waals surface area contributed by atoms with Crippen LogP contribution in [-0.2, 0) is 19.5 Å². The largest absolute Gasteiger partial charge is 0.350 e. The van der Waals surface area contributed by atoms with Gasteiger partial charge in [-0.1, -0.05) is 12.1 Å². The van der Waals surface area contributed by atoms with Gasteiger partial charge in [-0.15, -0.1) is 0 Å². The van der Waals surface area contributed by atoms with Crippen molar-refractivity contribution >= 4 is 10.0 Å². The average molecular weight is 325 g/mol. The van der Waals surface area contributed by atoms with Gasteiger partial charge in [-0.25, -0.2) is 8.42 Å². The van der Waals surface area contributed by atoms with Crippen LogP contribution in [0.5, 0.6) is 0 Å². The van der Waals surface area contributed by atoms with Gasteiger partial charge >= 0.3 is 0 Å². The quantitative estimate of drug-likeness (QED) is 0.835. The summed E-state index contributed by atoms with van der Waals surface area (Å²) in [5, 5.41) is 0. The smallest absolute Gasteiger partial charge is 0.243 e. The SMILES string of the molecule is Cc1ccc(C)c(S(=O)(=O)N2CC3(COC(C)(C)OC3)C2)c1. The van der Waals surface area contributed by atoms with Crippen molar-refractivity contribution in [2.75, 3.05) is 26.3 Å². The van der Waals surface area contributed by atoms with Crippen molar-refractivity contribution in [2.24, 2.45) is 5.41 Å². The van der Waals surface area contributed by atoms with E-state index in [1.54, 1.807) is 6.07 Å². The molecule has 1 aromatic carbocycles. The Morgan fingerprint density at radius 2 is 1.68 bits per heavy atom. The molecule has 6 heteroatoms. The molecule has 1 spiro atoms. The zero-order valence-corrected chi connectivity index (χ0v) is 14.4. The summed E-state index contributed by atoms with van der Waals surface area (Å²) in [7, 11) is -3.44. The van der Waals surface area contributed by atoms with Crippen molar-refractivity contribution in [3.8, 4) is 0 Å². The van der Waals surface area contributed by atoms with Crippen molar-refractivity contribution in [1.82, 2.24) is 4.31 Å². The van der Waals surface area contributed by atoms with Crippen LogP contribution in [0.2, 0.25) is 0 Å². The van der Waals surface area contributed by atoms with Crippen LogP contribution >= 0.6 is 0 Å². The molecule has 3 rings (SSSR count). The van der Waals surface area contributed by atoms with Gasteiger partial charge in [0.05, 0.1) is 18.1 Å². The second-order valence-corrected chi connectivity index (χ2v) is 8.93. The summed E-state index contributed by atoms with van der Waals surface area (Å²) >= 11 is 0. The molecule has 2 fully saturated rings. The minimum absolute atomic E-state index is 0.194. The lowest BCUT2D eigenvalue weighted by Gasteiger charge is -2.53. The standard InChI is InChI=1S/C16H23NO4S/c1-12-5-6-13(2)14(7-12)22(18,19)17-8-16(9-17)10-20-15(3,4)21-11-16/h5-7H,8-11H2,1-4H3. The number of nitrogens with zero attached hydrogens (tertiary/aromatic N) is 1. The van der Waals surface area contributed by atoms with Crippen LogP contribution in [-0.4, -0.2) is 44.8 Å². The first-order valence-electron chi connectivity index (χ1n) is 7.49. The van der Waals surface area contributed by atoms with Crippen LogP contribution in [0.15, 0.2) is 23.1 Å². The van der Waals surface area contributed by atoms with E-state index in [0.29, 0.717) is 31.2 Å². The van der Waals surface area contributed by atoms with Crippen LogP contribution < -0.4 is 0 Å². The molecule has 122 valence electrons. The van der Waals surface area contributed by atoms with E-state index in [2.05, 4.69) is 0 Å². The Bertz CT molecular complexity index is 678. The van der Waals surface area contributed by atoms with Gasteiger partial charge in [-0.2, -0.15) is 4.31 Å². The number of ether oxygens (including phenoxy) is 2. The molecule has 5 nitrogen and oxygen atoms in total. The highest BCUT2D eigenvalue weighted by Gasteiger charge is 2.52. The van der Waals surface area contributed by atoms with Crippen LogP contribution in [0.1, 0.15) is 25.0 Å². The van der Waals surface area contributed by atoms with E-state index in [-0.39, 0.29) is 5.41 Å².